The Morgan fingerprint density at radius 1 is 1.12 bits per heavy atom. The summed E-state index contributed by atoms with van der Waals surface area (Å²) in [5.41, 5.74) is 4.32. The monoisotopic (exact) mass is 353 g/mol. The highest BCUT2D eigenvalue weighted by molar-refractivity contribution is 5.79. The maximum absolute atomic E-state index is 12.9. The highest BCUT2D eigenvalue weighted by Crippen LogP contribution is 2.10. The maximum Gasteiger partial charge on any atom is 0.190 e. The van der Waals surface area contributed by atoms with Crippen molar-refractivity contribution < 1.29 is 4.39 Å². The van der Waals surface area contributed by atoms with Crippen LogP contribution in [0.25, 0.3) is 5.65 Å². The predicted octanol–water partition coefficient (Wildman–Crippen LogP) is 2.73. The molecule has 1 aromatic carbocycles. The van der Waals surface area contributed by atoms with Crippen molar-refractivity contribution in [1.29, 1.82) is 0 Å². The van der Waals surface area contributed by atoms with Crippen LogP contribution in [0.2, 0.25) is 0 Å². The molecule has 6 heteroatoms. The van der Waals surface area contributed by atoms with E-state index in [9.17, 15) is 4.39 Å². The molecule has 2 N–H and O–H groups in total. The molecule has 0 unspecified atom stereocenters. The molecule has 0 saturated carbocycles. The lowest BCUT2D eigenvalue weighted by molar-refractivity contribution is 0.626. The number of nitrogens with zero attached hydrogens (tertiary/aromatic N) is 3. The number of hydrogen-bond donors (Lipinski definition) is 2. The zero-order valence-electron chi connectivity index (χ0n) is 15.2. The zero-order chi connectivity index (χ0) is 18.4. The van der Waals surface area contributed by atoms with Crippen LogP contribution in [0.1, 0.15) is 16.8 Å². The van der Waals surface area contributed by atoms with E-state index in [0.717, 1.165) is 48.8 Å². The van der Waals surface area contributed by atoms with Gasteiger partial charge in [-0.05, 0) is 42.7 Å². The van der Waals surface area contributed by atoms with Crippen LogP contribution in [0.3, 0.4) is 0 Å². The van der Waals surface area contributed by atoms with Crippen molar-refractivity contribution in [3.8, 4) is 0 Å². The summed E-state index contributed by atoms with van der Waals surface area (Å²) >= 11 is 0. The van der Waals surface area contributed by atoms with Crippen LogP contribution in [0.5, 0.6) is 0 Å². The Bertz CT molecular complexity index is 883. The van der Waals surface area contributed by atoms with Crippen LogP contribution in [0, 0.1) is 12.7 Å². The molecule has 0 atom stereocenters. The number of guanidine groups is 1. The highest BCUT2D eigenvalue weighted by Gasteiger charge is 2.04. The minimum atomic E-state index is -0.207. The molecule has 0 spiro atoms. The molecule has 136 valence electrons. The van der Waals surface area contributed by atoms with Crippen molar-refractivity contribution >= 4 is 11.6 Å². The fourth-order valence-electron chi connectivity index (χ4n) is 2.83. The van der Waals surface area contributed by atoms with Gasteiger partial charge in [0.25, 0.3) is 0 Å². The van der Waals surface area contributed by atoms with Crippen LogP contribution in [-0.2, 0) is 12.8 Å². The molecule has 0 aliphatic rings. The predicted molar refractivity (Wildman–Crippen MR) is 103 cm³/mol. The normalized spacial score (nSPS) is 11.7. The van der Waals surface area contributed by atoms with E-state index in [2.05, 4.69) is 44.2 Å². The van der Waals surface area contributed by atoms with Gasteiger partial charge in [-0.15, -0.1) is 0 Å². The third kappa shape index (κ3) is 4.59. The largest absolute Gasteiger partial charge is 0.356 e. The van der Waals surface area contributed by atoms with Crippen LogP contribution in [-0.4, -0.2) is 35.5 Å². The Hall–Kier alpha value is -2.89. The highest BCUT2D eigenvalue weighted by atomic mass is 19.1. The van der Waals surface area contributed by atoms with Crippen molar-refractivity contribution in [3.05, 3.63) is 71.4 Å². The molecule has 5 nitrogen and oxygen atoms in total. The third-order valence-corrected chi connectivity index (χ3v) is 4.24. The van der Waals surface area contributed by atoms with Gasteiger partial charge in [-0.3, -0.25) is 4.99 Å². The van der Waals surface area contributed by atoms with Gasteiger partial charge in [0.1, 0.15) is 11.5 Å². The summed E-state index contributed by atoms with van der Waals surface area (Å²) in [5.74, 6) is 0.549. The van der Waals surface area contributed by atoms with E-state index < -0.39 is 0 Å². The number of benzene rings is 1. The van der Waals surface area contributed by atoms with Gasteiger partial charge in [0.2, 0.25) is 0 Å². The number of pyridine rings is 1. The fourth-order valence-corrected chi connectivity index (χ4v) is 2.83. The van der Waals surface area contributed by atoms with Crippen LogP contribution in [0.4, 0.5) is 4.39 Å². The summed E-state index contributed by atoms with van der Waals surface area (Å²) in [7, 11) is 1.75. The first kappa shape index (κ1) is 17.9. The van der Waals surface area contributed by atoms with E-state index in [-0.39, 0.29) is 5.82 Å². The molecule has 0 aliphatic heterocycles. The number of aromatic nitrogens is 2. The lowest BCUT2D eigenvalue weighted by Gasteiger charge is -2.11. The number of aliphatic imine (C=N–C) groups is 1. The first-order chi connectivity index (χ1) is 12.7. The number of hydrogen-bond acceptors (Lipinski definition) is 2. The molecule has 3 aromatic rings. The molecule has 0 aliphatic carbocycles. The summed E-state index contributed by atoms with van der Waals surface area (Å²) in [6, 6.07) is 10.7. The van der Waals surface area contributed by atoms with Crippen LogP contribution >= 0.6 is 0 Å². The Morgan fingerprint density at radius 3 is 2.54 bits per heavy atom. The summed E-state index contributed by atoms with van der Waals surface area (Å²) in [6.45, 7) is 3.55. The summed E-state index contributed by atoms with van der Waals surface area (Å²) in [5, 5.41) is 6.58. The van der Waals surface area contributed by atoms with Crippen molar-refractivity contribution in [2.75, 3.05) is 20.1 Å². The van der Waals surface area contributed by atoms with Crippen molar-refractivity contribution in [2.45, 2.75) is 19.8 Å². The first-order valence-corrected chi connectivity index (χ1v) is 8.78. The van der Waals surface area contributed by atoms with E-state index in [1.165, 1.54) is 17.7 Å². The number of aryl methyl sites for hydroxylation is 1. The van der Waals surface area contributed by atoms with Crippen molar-refractivity contribution in [2.24, 2.45) is 4.99 Å². The Morgan fingerprint density at radius 2 is 1.85 bits per heavy atom. The van der Waals surface area contributed by atoms with Crippen LogP contribution < -0.4 is 10.6 Å². The third-order valence-electron chi connectivity index (χ3n) is 4.24. The van der Waals surface area contributed by atoms with Gasteiger partial charge in [0, 0.05) is 39.0 Å². The molecule has 2 aromatic heterocycles. The van der Waals surface area contributed by atoms with E-state index >= 15 is 0 Å². The van der Waals surface area contributed by atoms with Gasteiger partial charge in [-0.2, -0.15) is 0 Å². The number of imidazole rings is 1. The molecule has 0 fully saturated rings. The summed E-state index contributed by atoms with van der Waals surface area (Å²) in [4.78, 5) is 8.91. The van der Waals surface area contributed by atoms with E-state index in [1.54, 1.807) is 19.2 Å². The number of fused-ring (bicyclic) bond motifs is 1. The Labute approximate surface area is 153 Å². The molecule has 26 heavy (non-hydrogen) atoms. The maximum atomic E-state index is 12.9. The van der Waals surface area contributed by atoms with Crippen molar-refractivity contribution in [3.63, 3.8) is 0 Å². The number of rotatable bonds is 6. The van der Waals surface area contributed by atoms with Crippen molar-refractivity contribution in [1.82, 2.24) is 20.0 Å². The zero-order valence-corrected chi connectivity index (χ0v) is 15.2. The molecule has 3 rings (SSSR count). The second-order valence-corrected chi connectivity index (χ2v) is 6.21. The topological polar surface area (TPSA) is 53.7 Å². The molecule has 0 saturated heterocycles. The average Bonchev–Trinajstić information content (AvgIpc) is 3.06. The minimum absolute atomic E-state index is 0.207. The Balaban J connectivity index is 1.44. The van der Waals surface area contributed by atoms with Gasteiger partial charge < -0.3 is 15.0 Å². The lowest BCUT2D eigenvalue weighted by Crippen LogP contribution is -2.39. The lowest BCUT2D eigenvalue weighted by atomic mass is 10.1. The van der Waals surface area contributed by atoms with E-state index in [0.29, 0.717) is 0 Å². The SMILES string of the molecule is CN=C(NCCc1ccc(F)cc1)NCCc1cn2cccc(C)c2n1. The quantitative estimate of drug-likeness (QED) is 0.529. The van der Waals surface area contributed by atoms with Gasteiger partial charge in [-0.25, -0.2) is 9.37 Å². The average molecular weight is 353 g/mol. The molecular weight excluding hydrogens is 329 g/mol. The Kier molecular flexibility index (Phi) is 5.84. The minimum Gasteiger partial charge on any atom is -0.356 e. The summed E-state index contributed by atoms with van der Waals surface area (Å²) in [6.07, 6.45) is 5.71. The second-order valence-electron chi connectivity index (χ2n) is 6.21. The van der Waals surface area contributed by atoms with E-state index in [4.69, 9.17) is 0 Å². The number of nitrogens with one attached hydrogen (secondary N) is 2. The molecule has 0 bridgehead atoms. The smallest absolute Gasteiger partial charge is 0.190 e. The fraction of sp³-hybridized carbons (Fsp3) is 0.300. The molecule has 2 heterocycles. The molecule has 0 amide bonds. The van der Waals surface area contributed by atoms with Gasteiger partial charge in [0.05, 0.1) is 5.69 Å². The molecular formula is C20H24FN5. The van der Waals surface area contributed by atoms with Gasteiger partial charge in [-0.1, -0.05) is 18.2 Å². The standard InChI is InChI=1S/C20H24FN5/c1-15-4-3-13-26-14-18(25-19(15)26)10-12-24-20(22-2)23-11-9-16-5-7-17(21)8-6-16/h3-8,13-14H,9-12H2,1-2H3,(H2,22,23,24). The second kappa shape index (κ2) is 8.47. The van der Waals surface area contributed by atoms with Gasteiger partial charge >= 0.3 is 0 Å². The first-order valence-electron chi connectivity index (χ1n) is 8.78. The molecule has 0 radical (unpaired) electrons. The number of halogens is 1. The van der Waals surface area contributed by atoms with Crippen LogP contribution in [0.15, 0.2) is 53.8 Å². The van der Waals surface area contributed by atoms with E-state index in [1.807, 2.05) is 12.3 Å². The van der Waals surface area contributed by atoms with Gasteiger partial charge in [0.15, 0.2) is 5.96 Å². The summed E-state index contributed by atoms with van der Waals surface area (Å²) < 4.78 is 15.0.